The number of piperazine rings is 1. The zero-order valence-electron chi connectivity index (χ0n) is 12.0. The average Bonchev–Trinajstić information content (AvgIpc) is 2.48. The number of ether oxygens (including phenoxy) is 1. The van der Waals surface area contributed by atoms with Crippen LogP contribution < -0.4 is 15.9 Å². The van der Waals surface area contributed by atoms with E-state index in [1.54, 1.807) is 24.3 Å². The van der Waals surface area contributed by atoms with E-state index < -0.39 is 5.91 Å². The van der Waals surface area contributed by atoms with Crippen LogP contribution in [-0.2, 0) is 4.79 Å². The molecule has 0 atom stereocenters. The first-order valence-electron chi connectivity index (χ1n) is 6.81. The summed E-state index contributed by atoms with van der Waals surface area (Å²) in [5.41, 5.74) is 8.30. The minimum atomic E-state index is -0.579. The minimum Gasteiger partial charge on any atom is -0.483 e. The van der Waals surface area contributed by atoms with Gasteiger partial charge in [-0.25, -0.2) is 5.01 Å². The molecule has 7 heteroatoms. The van der Waals surface area contributed by atoms with Crippen LogP contribution in [0.1, 0.15) is 10.4 Å². The number of likely N-dealkylation sites (N-methyl/N-ethyl adjacent to an activating group) is 1. The quantitative estimate of drug-likeness (QED) is 0.760. The van der Waals surface area contributed by atoms with E-state index in [0.29, 0.717) is 5.75 Å². The van der Waals surface area contributed by atoms with Crippen molar-refractivity contribution in [2.75, 3.05) is 39.8 Å². The number of primary amides is 1. The summed E-state index contributed by atoms with van der Waals surface area (Å²) in [6, 6.07) is 6.59. The Balaban J connectivity index is 1.83. The van der Waals surface area contributed by atoms with Gasteiger partial charge in [0.2, 0.25) is 0 Å². The van der Waals surface area contributed by atoms with E-state index in [0.717, 1.165) is 26.2 Å². The van der Waals surface area contributed by atoms with Gasteiger partial charge in [-0.15, -0.1) is 0 Å². The molecule has 0 aliphatic carbocycles. The summed E-state index contributed by atoms with van der Waals surface area (Å²) in [4.78, 5) is 25.3. The lowest BCUT2D eigenvalue weighted by Crippen LogP contribution is -2.53. The molecule has 3 N–H and O–H groups in total. The fraction of sp³-hybridized carbons (Fsp3) is 0.429. The predicted octanol–water partition coefficient (Wildman–Crippen LogP) is -0.557. The molecular weight excluding hydrogens is 272 g/mol. The molecule has 2 amide bonds. The summed E-state index contributed by atoms with van der Waals surface area (Å²) >= 11 is 0. The van der Waals surface area contributed by atoms with Crippen LogP contribution in [-0.4, -0.2) is 61.6 Å². The Bertz CT molecular complexity index is 513. The van der Waals surface area contributed by atoms with E-state index in [4.69, 9.17) is 10.5 Å². The van der Waals surface area contributed by atoms with Gasteiger partial charge in [0.25, 0.3) is 11.8 Å². The van der Waals surface area contributed by atoms with Gasteiger partial charge >= 0.3 is 0 Å². The molecule has 114 valence electrons. The molecule has 2 rings (SSSR count). The van der Waals surface area contributed by atoms with Gasteiger partial charge in [0.1, 0.15) is 5.75 Å². The van der Waals surface area contributed by atoms with Crippen LogP contribution in [0.2, 0.25) is 0 Å². The standard InChI is InChI=1S/C14H20N4O3/c1-17-6-8-18(9-7-17)16-13(19)10-21-12-5-3-2-4-11(12)14(15)20/h2-5H,6-10H2,1H3,(H2,15,20)(H,16,19). The summed E-state index contributed by atoms with van der Waals surface area (Å²) < 4.78 is 5.37. The van der Waals surface area contributed by atoms with Crippen molar-refractivity contribution >= 4 is 11.8 Å². The van der Waals surface area contributed by atoms with Gasteiger partial charge in [0.05, 0.1) is 5.56 Å². The van der Waals surface area contributed by atoms with Gasteiger partial charge in [0.15, 0.2) is 6.61 Å². The van der Waals surface area contributed by atoms with E-state index in [1.807, 2.05) is 12.1 Å². The molecule has 1 heterocycles. The van der Waals surface area contributed by atoms with Crippen molar-refractivity contribution in [2.24, 2.45) is 5.73 Å². The third-order valence-electron chi connectivity index (χ3n) is 3.30. The average molecular weight is 292 g/mol. The molecule has 0 bridgehead atoms. The van der Waals surface area contributed by atoms with Gasteiger partial charge in [-0.2, -0.15) is 0 Å². The maximum absolute atomic E-state index is 11.8. The number of carbonyl (C=O) groups is 2. The molecule has 0 radical (unpaired) electrons. The summed E-state index contributed by atoms with van der Waals surface area (Å²) in [6.07, 6.45) is 0. The smallest absolute Gasteiger partial charge is 0.272 e. The highest BCUT2D eigenvalue weighted by Crippen LogP contribution is 2.16. The Morgan fingerprint density at radius 3 is 2.57 bits per heavy atom. The van der Waals surface area contributed by atoms with Crippen LogP contribution in [0.15, 0.2) is 24.3 Å². The van der Waals surface area contributed by atoms with Crippen LogP contribution in [0.5, 0.6) is 5.75 Å². The van der Waals surface area contributed by atoms with E-state index in [2.05, 4.69) is 10.3 Å². The second-order valence-corrected chi connectivity index (χ2v) is 4.97. The number of carbonyl (C=O) groups excluding carboxylic acids is 2. The highest BCUT2D eigenvalue weighted by atomic mass is 16.5. The van der Waals surface area contributed by atoms with E-state index in [9.17, 15) is 9.59 Å². The molecule has 0 aromatic heterocycles. The third-order valence-corrected chi connectivity index (χ3v) is 3.30. The largest absolute Gasteiger partial charge is 0.483 e. The summed E-state index contributed by atoms with van der Waals surface area (Å²) in [7, 11) is 2.04. The number of para-hydroxylation sites is 1. The Morgan fingerprint density at radius 1 is 1.24 bits per heavy atom. The fourth-order valence-corrected chi connectivity index (χ4v) is 2.07. The van der Waals surface area contributed by atoms with Crippen LogP contribution in [0.3, 0.4) is 0 Å². The summed E-state index contributed by atoms with van der Waals surface area (Å²) in [6.45, 7) is 3.22. The normalized spacial score (nSPS) is 16.4. The lowest BCUT2D eigenvalue weighted by Gasteiger charge is -2.32. The molecule has 1 aliphatic rings. The Morgan fingerprint density at radius 2 is 1.90 bits per heavy atom. The number of hydrazine groups is 1. The van der Waals surface area contributed by atoms with Gasteiger partial charge in [0, 0.05) is 26.2 Å². The maximum Gasteiger partial charge on any atom is 0.272 e. The predicted molar refractivity (Wildman–Crippen MR) is 77.7 cm³/mol. The van der Waals surface area contributed by atoms with Crippen molar-refractivity contribution < 1.29 is 14.3 Å². The van der Waals surface area contributed by atoms with Crippen molar-refractivity contribution in [3.05, 3.63) is 29.8 Å². The maximum atomic E-state index is 11.8. The van der Waals surface area contributed by atoms with Crippen LogP contribution in [0.25, 0.3) is 0 Å². The zero-order chi connectivity index (χ0) is 15.2. The topological polar surface area (TPSA) is 87.9 Å². The summed E-state index contributed by atoms with van der Waals surface area (Å²) in [5.74, 6) is -0.512. The van der Waals surface area contributed by atoms with E-state index in [1.165, 1.54) is 0 Å². The number of nitrogens with one attached hydrogen (secondary N) is 1. The zero-order valence-corrected chi connectivity index (χ0v) is 12.0. The lowest BCUT2D eigenvalue weighted by atomic mass is 10.2. The molecule has 1 saturated heterocycles. The first kappa shape index (κ1) is 15.3. The van der Waals surface area contributed by atoms with Gasteiger partial charge in [-0.1, -0.05) is 12.1 Å². The SMILES string of the molecule is CN1CCN(NC(=O)COc2ccccc2C(N)=O)CC1. The number of hydrogen-bond donors (Lipinski definition) is 2. The second-order valence-electron chi connectivity index (χ2n) is 4.97. The number of amides is 2. The van der Waals surface area contributed by atoms with Crippen molar-refractivity contribution in [1.29, 1.82) is 0 Å². The first-order chi connectivity index (χ1) is 10.1. The number of hydrogen-bond acceptors (Lipinski definition) is 5. The van der Waals surface area contributed by atoms with E-state index >= 15 is 0 Å². The molecule has 1 fully saturated rings. The first-order valence-corrected chi connectivity index (χ1v) is 6.81. The van der Waals surface area contributed by atoms with Crippen molar-refractivity contribution in [1.82, 2.24) is 15.3 Å². The van der Waals surface area contributed by atoms with Crippen molar-refractivity contribution in [2.45, 2.75) is 0 Å². The lowest BCUT2D eigenvalue weighted by molar-refractivity contribution is -0.128. The number of nitrogens with two attached hydrogens (primary N) is 1. The monoisotopic (exact) mass is 292 g/mol. The Hall–Kier alpha value is -2.12. The highest BCUT2D eigenvalue weighted by Gasteiger charge is 2.16. The molecular formula is C14H20N4O3. The third kappa shape index (κ3) is 4.44. The number of benzene rings is 1. The van der Waals surface area contributed by atoms with Crippen LogP contribution in [0.4, 0.5) is 0 Å². The number of rotatable bonds is 5. The molecule has 0 unspecified atom stereocenters. The summed E-state index contributed by atoms with van der Waals surface area (Å²) in [5, 5.41) is 1.87. The molecule has 21 heavy (non-hydrogen) atoms. The van der Waals surface area contributed by atoms with Crippen molar-refractivity contribution in [3.8, 4) is 5.75 Å². The van der Waals surface area contributed by atoms with Crippen LogP contribution >= 0.6 is 0 Å². The molecule has 7 nitrogen and oxygen atoms in total. The second kappa shape index (κ2) is 7.05. The van der Waals surface area contributed by atoms with E-state index in [-0.39, 0.29) is 18.1 Å². The van der Waals surface area contributed by atoms with Crippen molar-refractivity contribution in [3.63, 3.8) is 0 Å². The highest BCUT2D eigenvalue weighted by molar-refractivity contribution is 5.95. The minimum absolute atomic E-state index is 0.156. The number of nitrogens with zero attached hydrogens (tertiary/aromatic N) is 2. The van der Waals surface area contributed by atoms with Gasteiger partial charge < -0.3 is 15.4 Å². The van der Waals surface area contributed by atoms with Gasteiger partial charge in [-0.3, -0.25) is 15.0 Å². The molecule has 1 aromatic rings. The van der Waals surface area contributed by atoms with Crippen LogP contribution in [0, 0.1) is 0 Å². The Kier molecular flexibility index (Phi) is 5.13. The molecule has 0 spiro atoms. The molecule has 1 aliphatic heterocycles. The molecule has 0 saturated carbocycles. The van der Waals surface area contributed by atoms with Gasteiger partial charge in [-0.05, 0) is 19.2 Å². The fourth-order valence-electron chi connectivity index (χ4n) is 2.07. The molecule has 1 aromatic carbocycles. The Labute approximate surface area is 123 Å².